The van der Waals surface area contributed by atoms with E-state index in [9.17, 15) is 4.79 Å². The minimum Gasteiger partial charge on any atom is -0.423 e. The molecule has 1 aliphatic heterocycles. The molecule has 6 rings (SSSR count). The van der Waals surface area contributed by atoms with E-state index in [-0.39, 0.29) is 27.6 Å². The zero-order chi connectivity index (χ0) is 26.3. The van der Waals surface area contributed by atoms with Crippen LogP contribution in [-0.4, -0.2) is 31.6 Å². The lowest BCUT2D eigenvalue weighted by atomic mass is 9.58. The first-order chi connectivity index (χ1) is 17.4. The lowest BCUT2D eigenvalue weighted by molar-refractivity contribution is -0.000249. The van der Waals surface area contributed by atoms with Gasteiger partial charge in [-0.1, -0.05) is 52.0 Å². The molecular formula is C32H42O4Si. The van der Waals surface area contributed by atoms with Crippen molar-refractivity contribution in [2.75, 3.05) is 0 Å². The summed E-state index contributed by atoms with van der Waals surface area (Å²) in [4.78, 5) is 12.6. The molecule has 198 valence electrons. The standard InChI is InChI=1S/C32H42O4Si/c1-29(2,3)37(5,6)35-27-15-14-26-30(27,4)18-19-31-21-24-20-25(34-28(33)23-10-8-7-9-11-23)13-12-22(24)16-17-32(26,31)36-31/h7-13,20,26-27H,14-19,21H2,1-6H3/t26-,27+,30+,31?,32?/m1/s1. The third-order valence-corrected chi connectivity index (χ3v) is 15.4. The van der Waals surface area contributed by atoms with Gasteiger partial charge in [-0.3, -0.25) is 0 Å². The van der Waals surface area contributed by atoms with Crippen molar-refractivity contribution in [3.8, 4) is 5.75 Å². The molecule has 4 aliphatic rings. The van der Waals surface area contributed by atoms with Gasteiger partial charge >= 0.3 is 5.97 Å². The summed E-state index contributed by atoms with van der Waals surface area (Å²) >= 11 is 0. The second-order valence-electron chi connectivity index (χ2n) is 13.9. The molecule has 3 fully saturated rings. The van der Waals surface area contributed by atoms with Crippen LogP contribution in [0.4, 0.5) is 0 Å². The molecule has 2 saturated carbocycles. The summed E-state index contributed by atoms with van der Waals surface area (Å²) in [7, 11) is -1.84. The molecule has 0 radical (unpaired) electrons. The Morgan fingerprint density at radius 2 is 1.76 bits per heavy atom. The van der Waals surface area contributed by atoms with Gasteiger partial charge in [0.2, 0.25) is 0 Å². The molecule has 0 spiro atoms. The highest BCUT2D eigenvalue weighted by molar-refractivity contribution is 6.74. The van der Waals surface area contributed by atoms with Gasteiger partial charge in [-0.05, 0) is 103 Å². The van der Waals surface area contributed by atoms with Gasteiger partial charge in [-0.2, -0.15) is 0 Å². The normalized spacial score (nSPS) is 34.4. The first-order valence-electron chi connectivity index (χ1n) is 14.2. The average Bonchev–Trinajstić information content (AvgIpc) is 3.41. The topological polar surface area (TPSA) is 48.1 Å². The van der Waals surface area contributed by atoms with Gasteiger partial charge in [0.25, 0.3) is 0 Å². The summed E-state index contributed by atoms with van der Waals surface area (Å²) in [5.74, 6) is 0.867. The van der Waals surface area contributed by atoms with E-state index in [0.717, 1.165) is 38.5 Å². The van der Waals surface area contributed by atoms with Crippen molar-refractivity contribution < 1.29 is 18.7 Å². The Morgan fingerprint density at radius 1 is 1.00 bits per heavy atom. The second-order valence-corrected chi connectivity index (χ2v) is 18.6. The molecule has 1 saturated heterocycles. The molecule has 2 aromatic carbocycles. The van der Waals surface area contributed by atoms with Crippen molar-refractivity contribution in [3.63, 3.8) is 0 Å². The third-order valence-electron chi connectivity index (χ3n) is 10.9. The van der Waals surface area contributed by atoms with Crippen LogP contribution in [0.2, 0.25) is 18.1 Å². The number of benzene rings is 2. The Bertz CT molecular complexity index is 1220. The van der Waals surface area contributed by atoms with Crippen molar-refractivity contribution in [2.24, 2.45) is 11.3 Å². The van der Waals surface area contributed by atoms with Gasteiger partial charge in [0.1, 0.15) is 17.0 Å². The summed E-state index contributed by atoms with van der Waals surface area (Å²) < 4.78 is 19.8. The van der Waals surface area contributed by atoms with E-state index in [1.54, 1.807) is 12.1 Å². The van der Waals surface area contributed by atoms with Crippen molar-refractivity contribution in [1.29, 1.82) is 0 Å². The maximum atomic E-state index is 12.6. The first-order valence-corrected chi connectivity index (χ1v) is 17.1. The Labute approximate surface area is 223 Å². The van der Waals surface area contributed by atoms with E-state index in [0.29, 0.717) is 23.3 Å². The van der Waals surface area contributed by atoms with E-state index < -0.39 is 8.32 Å². The van der Waals surface area contributed by atoms with Gasteiger partial charge in [-0.15, -0.1) is 0 Å². The molecule has 5 heteroatoms. The van der Waals surface area contributed by atoms with E-state index in [1.807, 2.05) is 24.3 Å². The number of carbonyl (C=O) groups is 1. The van der Waals surface area contributed by atoms with Gasteiger partial charge in [0.15, 0.2) is 8.32 Å². The minimum atomic E-state index is -1.84. The van der Waals surface area contributed by atoms with Crippen LogP contribution in [0.15, 0.2) is 48.5 Å². The predicted molar refractivity (Wildman–Crippen MR) is 149 cm³/mol. The van der Waals surface area contributed by atoms with Crippen molar-refractivity contribution in [2.45, 2.75) is 108 Å². The van der Waals surface area contributed by atoms with E-state index in [1.165, 1.54) is 17.5 Å². The first kappa shape index (κ1) is 25.3. The van der Waals surface area contributed by atoms with Gasteiger partial charge in [-0.25, -0.2) is 4.79 Å². The molecule has 0 bridgehead atoms. The fraction of sp³-hybridized carbons (Fsp3) is 0.594. The summed E-state index contributed by atoms with van der Waals surface area (Å²) in [6.07, 6.45) is 7.96. The fourth-order valence-electron chi connectivity index (χ4n) is 7.64. The number of ether oxygens (including phenoxy) is 2. The number of aryl methyl sites for hydroxylation is 1. The minimum absolute atomic E-state index is 0.0363. The Balaban J connectivity index is 1.22. The number of hydrogen-bond acceptors (Lipinski definition) is 4. The summed E-state index contributed by atoms with van der Waals surface area (Å²) in [5, 5.41) is 0.222. The number of rotatable bonds is 4. The van der Waals surface area contributed by atoms with E-state index >= 15 is 0 Å². The smallest absolute Gasteiger partial charge is 0.343 e. The SMILES string of the molecule is CC(C)(C)[Si](C)(C)O[C@H]1CC[C@H]2C34CCc5ccc(OC(=O)c6ccccc6)cc5CC3(CC[C@]12C)O4. The highest BCUT2D eigenvalue weighted by Crippen LogP contribution is 2.73. The highest BCUT2D eigenvalue weighted by Gasteiger charge is 2.79. The zero-order valence-electron chi connectivity index (χ0n) is 23.4. The van der Waals surface area contributed by atoms with Crippen LogP contribution >= 0.6 is 0 Å². The monoisotopic (exact) mass is 518 g/mol. The van der Waals surface area contributed by atoms with Gasteiger partial charge in [0.05, 0.1) is 11.7 Å². The molecule has 2 unspecified atom stereocenters. The summed E-state index contributed by atoms with van der Waals surface area (Å²) in [5.41, 5.74) is 3.31. The fourth-order valence-corrected chi connectivity index (χ4v) is 9.10. The lowest BCUT2D eigenvalue weighted by Gasteiger charge is -2.48. The van der Waals surface area contributed by atoms with E-state index in [4.69, 9.17) is 13.9 Å². The number of fused-ring (bicyclic) bond motifs is 2. The van der Waals surface area contributed by atoms with Gasteiger partial charge < -0.3 is 13.9 Å². The number of epoxide rings is 1. The third kappa shape index (κ3) is 3.87. The zero-order valence-corrected chi connectivity index (χ0v) is 24.4. The maximum Gasteiger partial charge on any atom is 0.343 e. The molecule has 1 heterocycles. The summed E-state index contributed by atoms with van der Waals surface area (Å²) in [6.45, 7) is 14.3. The van der Waals surface area contributed by atoms with Crippen molar-refractivity contribution in [3.05, 3.63) is 65.2 Å². The van der Waals surface area contributed by atoms with Crippen LogP contribution in [0.1, 0.15) is 81.3 Å². The lowest BCUT2D eigenvalue weighted by Crippen LogP contribution is -2.53. The van der Waals surface area contributed by atoms with Crippen LogP contribution in [0, 0.1) is 11.3 Å². The molecule has 0 amide bonds. The molecule has 37 heavy (non-hydrogen) atoms. The molecule has 2 aromatic rings. The maximum absolute atomic E-state index is 12.6. The van der Waals surface area contributed by atoms with Crippen LogP contribution in [-0.2, 0) is 22.0 Å². The number of carbonyl (C=O) groups excluding carboxylic acids is 1. The Kier molecular flexibility index (Phi) is 5.66. The molecule has 4 nitrogen and oxygen atoms in total. The van der Waals surface area contributed by atoms with Crippen molar-refractivity contribution >= 4 is 14.3 Å². The Morgan fingerprint density at radius 3 is 2.49 bits per heavy atom. The quantitative estimate of drug-likeness (QED) is 0.182. The van der Waals surface area contributed by atoms with E-state index in [2.05, 4.69) is 52.9 Å². The molecule has 3 aliphatic carbocycles. The van der Waals surface area contributed by atoms with Gasteiger partial charge in [0, 0.05) is 6.42 Å². The Hall–Kier alpha value is -1.95. The predicted octanol–water partition coefficient (Wildman–Crippen LogP) is 7.50. The largest absolute Gasteiger partial charge is 0.423 e. The molecule has 0 aromatic heterocycles. The van der Waals surface area contributed by atoms with Crippen LogP contribution in [0.5, 0.6) is 5.75 Å². The number of hydrogen-bond donors (Lipinski definition) is 0. The molecule has 5 atom stereocenters. The second kappa shape index (κ2) is 8.27. The van der Waals surface area contributed by atoms with Crippen LogP contribution in [0.25, 0.3) is 0 Å². The average molecular weight is 519 g/mol. The summed E-state index contributed by atoms with van der Waals surface area (Å²) in [6, 6.07) is 15.4. The molecular weight excluding hydrogens is 476 g/mol. The van der Waals surface area contributed by atoms with Crippen molar-refractivity contribution in [1.82, 2.24) is 0 Å². The van der Waals surface area contributed by atoms with Crippen LogP contribution < -0.4 is 4.74 Å². The molecule has 0 N–H and O–H groups in total. The van der Waals surface area contributed by atoms with Crippen LogP contribution in [0.3, 0.4) is 0 Å². The highest BCUT2D eigenvalue weighted by atomic mass is 28.4. The number of esters is 1.